The van der Waals surface area contributed by atoms with Crippen LogP contribution in [-0.2, 0) is 4.74 Å². The van der Waals surface area contributed by atoms with Crippen molar-refractivity contribution in [3.63, 3.8) is 0 Å². The molecule has 0 radical (unpaired) electrons. The number of rotatable bonds is 2. The van der Waals surface area contributed by atoms with Gasteiger partial charge in [-0.15, -0.1) is 6.42 Å². The fourth-order valence-corrected chi connectivity index (χ4v) is 0.475. The second-order valence-corrected chi connectivity index (χ2v) is 2.10. The molecule has 1 nitrogen and oxygen atoms in total. The van der Waals surface area contributed by atoms with Gasteiger partial charge in [-0.25, -0.2) is 0 Å². The van der Waals surface area contributed by atoms with Crippen LogP contribution in [-0.4, -0.2) is 11.7 Å². The summed E-state index contributed by atoms with van der Waals surface area (Å²) in [6.07, 6.45) is 4.81. The molecule has 2 heteroatoms. The van der Waals surface area contributed by atoms with Crippen molar-refractivity contribution in [1.29, 1.82) is 0 Å². The third-order valence-electron chi connectivity index (χ3n) is 0.626. The zero-order valence-electron chi connectivity index (χ0n) is 5.02. The Bertz CT molecular complexity index is 93.2. The summed E-state index contributed by atoms with van der Waals surface area (Å²) < 4.78 is 4.93. The number of terminal acetylenes is 1. The summed E-state index contributed by atoms with van der Waals surface area (Å²) in [5.74, 6) is 2.39. The second-order valence-electron chi connectivity index (χ2n) is 1.49. The van der Waals surface area contributed by atoms with Gasteiger partial charge in [0.15, 0.2) is 0 Å². The molecule has 0 aromatic carbocycles. The van der Waals surface area contributed by atoms with E-state index in [1.807, 2.05) is 0 Å². The highest BCUT2D eigenvalue weighted by Gasteiger charge is 1.99. The molecule has 0 aliphatic rings. The third kappa shape index (κ3) is 3.98. The molecule has 0 aliphatic heterocycles. The highest BCUT2D eigenvalue weighted by atomic mass is 35.5. The lowest BCUT2D eigenvalue weighted by Gasteiger charge is -2.06. The lowest BCUT2D eigenvalue weighted by molar-refractivity contribution is 0.0890. The van der Waals surface area contributed by atoms with E-state index in [9.17, 15) is 0 Å². The number of halogens is 1. The summed E-state index contributed by atoms with van der Waals surface area (Å²) in [5.41, 5.74) is -0.291. The van der Waals surface area contributed by atoms with Gasteiger partial charge in [-0.05, 0) is 13.8 Å². The lowest BCUT2D eigenvalue weighted by atomic mass is 10.4. The van der Waals surface area contributed by atoms with E-state index in [4.69, 9.17) is 22.8 Å². The number of ether oxygens (including phenoxy) is 1. The molecule has 0 amide bonds. The lowest BCUT2D eigenvalue weighted by Crippen LogP contribution is -2.09. The van der Waals surface area contributed by atoms with E-state index in [2.05, 4.69) is 5.92 Å². The Morgan fingerprint density at radius 3 is 2.25 bits per heavy atom. The van der Waals surface area contributed by atoms with E-state index < -0.39 is 0 Å². The van der Waals surface area contributed by atoms with E-state index in [0.29, 0.717) is 0 Å². The molecule has 0 N–H and O–H groups in total. The van der Waals surface area contributed by atoms with Gasteiger partial charge in [0.2, 0.25) is 0 Å². The van der Waals surface area contributed by atoms with Crippen LogP contribution in [0.25, 0.3) is 0 Å². The summed E-state index contributed by atoms with van der Waals surface area (Å²) in [6.45, 7) is 3.51. The van der Waals surface area contributed by atoms with Gasteiger partial charge in [-0.1, -0.05) is 17.5 Å². The van der Waals surface area contributed by atoms with E-state index in [1.165, 1.54) is 0 Å². The molecule has 2 atom stereocenters. The van der Waals surface area contributed by atoms with Crippen LogP contribution >= 0.6 is 11.6 Å². The Kier molecular flexibility index (Phi) is 3.68. The summed E-state index contributed by atoms with van der Waals surface area (Å²) in [7, 11) is 0. The third-order valence-corrected chi connectivity index (χ3v) is 0.729. The minimum absolute atomic E-state index is 0.178. The van der Waals surface area contributed by atoms with Gasteiger partial charge in [-0.3, -0.25) is 0 Å². The van der Waals surface area contributed by atoms with Crippen molar-refractivity contribution in [2.75, 3.05) is 0 Å². The minimum atomic E-state index is -0.291. The minimum Gasteiger partial charge on any atom is -0.347 e. The Hall–Kier alpha value is -0.190. The maximum atomic E-state index is 5.43. The fourth-order valence-electron chi connectivity index (χ4n) is 0.321. The van der Waals surface area contributed by atoms with Crippen LogP contribution in [0.5, 0.6) is 0 Å². The van der Waals surface area contributed by atoms with Crippen molar-refractivity contribution >= 4 is 11.6 Å². The first kappa shape index (κ1) is 7.81. The molecule has 0 spiro atoms. The largest absolute Gasteiger partial charge is 0.347 e. The van der Waals surface area contributed by atoms with Gasteiger partial charge in [0.25, 0.3) is 0 Å². The van der Waals surface area contributed by atoms with Gasteiger partial charge in [0.05, 0.1) is 0 Å². The average molecular weight is 133 g/mol. The van der Waals surface area contributed by atoms with E-state index >= 15 is 0 Å². The number of hydrogen-bond acceptors (Lipinski definition) is 1. The van der Waals surface area contributed by atoms with Crippen LogP contribution in [0.4, 0.5) is 0 Å². The molecular formula is C6H9ClO. The monoisotopic (exact) mass is 132 g/mol. The predicted octanol–water partition coefficient (Wildman–Crippen LogP) is 1.61. The summed E-state index contributed by atoms with van der Waals surface area (Å²) in [4.78, 5) is 0. The van der Waals surface area contributed by atoms with Crippen LogP contribution in [0, 0.1) is 12.3 Å². The summed E-state index contributed by atoms with van der Waals surface area (Å²) >= 11 is 5.43. The molecule has 8 heavy (non-hydrogen) atoms. The van der Waals surface area contributed by atoms with E-state index in [-0.39, 0.29) is 11.7 Å². The molecule has 0 saturated carbocycles. The Morgan fingerprint density at radius 1 is 1.62 bits per heavy atom. The predicted molar refractivity (Wildman–Crippen MR) is 34.7 cm³/mol. The van der Waals surface area contributed by atoms with E-state index in [1.54, 1.807) is 13.8 Å². The first-order chi connectivity index (χ1) is 3.66. The fraction of sp³-hybridized carbons (Fsp3) is 0.667. The molecule has 0 bridgehead atoms. The average Bonchev–Trinajstić information content (AvgIpc) is 1.65. The topological polar surface area (TPSA) is 9.23 Å². The van der Waals surface area contributed by atoms with Gasteiger partial charge in [0, 0.05) is 0 Å². The van der Waals surface area contributed by atoms with Crippen LogP contribution in [0.2, 0.25) is 0 Å². The number of hydrogen-bond donors (Lipinski definition) is 0. The van der Waals surface area contributed by atoms with Crippen molar-refractivity contribution in [3.05, 3.63) is 0 Å². The van der Waals surface area contributed by atoms with Gasteiger partial charge in [0.1, 0.15) is 11.7 Å². The Balaban J connectivity index is 3.28. The van der Waals surface area contributed by atoms with Crippen LogP contribution in [0.1, 0.15) is 13.8 Å². The van der Waals surface area contributed by atoms with Gasteiger partial charge in [-0.2, -0.15) is 0 Å². The Labute approximate surface area is 55.0 Å². The van der Waals surface area contributed by atoms with Crippen molar-refractivity contribution in [2.24, 2.45) is 0 Å². The van der Waals surface area contributed by atoms with Crippen LogP contribution < -0.4 is 0 Å². The first-order valence-corrected chi connectivity index (χ1v) is 2.86. The molecule has 0 aliphatic carbocycles. The zero-order valence-corrected chi connectivity index (χ0v) is 5.77. The molecule has 0 aromatic rings. The highest BCUT2D eigenvalue weighted by Crippen LogP contribution is 1.99. The number of alkyl halides is 1. The molecule has 0 rings (SSSR count). The van der Waals surface area contributed by atoms with Crippen molar-refractivity contribution < 1.29 is 4.74 Å². The second kappa shape index (κ2) is 3.77. The highest BCUT2D eigenvalue weighted by molar-refractivity contribution is 6.19. The van der Waals surface area contributed by atoms with Crippen LogP contribution in [0.3, 0.4) is 0 Å². The van der Waals surface area contributed by atoms with Gasteiger partial charge >= 0.3 is 0 Å². The van der Waals surface area contributed by atoms with E-state index in [0.717, 1.165) is 0 Å². The zero-order chi connectivity index (χ0) is 6.57. The Morgan fingerprint density at radius 2 is 2.12 bits per heavy atom. The molecular weight excluding hydrogens is 124 g/mol. The summed E-state index contributed by atoms with van der Waals surface area (Å²) in [6, 6.07) is 0. The van der Waals surface area contributed by atoms with Crippen molar-refractivity contribution in [2.45, 2.75) is 25.5 Å². The van der Waals surface area contributed by atoms with Gasteiger partial charge < -0.3 is 4.74 Å². The van der Waals surface area contributed by atoms with Crippen LogP contribution in [0.15, 0.2) is 0 Å². The molecule has 2 unspecified atom stereocenters. The molecule has 46 valence electrons. The SMILES string of the molecule is C#CC(C)OC(C)Cl. The summed E-state index contributed by atoms with van der Waals surface area (Å²) in [5, 5.41) is 0. The van der Waals surface area contributed by atoms with Crippen molar-refractivity contribution in [3.8, 4) is 12.3 Å². The quantitative estimate of drug-likeness (QED) is 0.410. The first-order valence-electron chi connectivity index (χ1n) is 2.42. The molecule has 0 saturated heterocycles. The smallest absolute Gasteiger partial charge is 0.130 e. The molecule has 0 fully saturated rings. The standard InChI is InChI=1S/C6H9ClO/c1-4-5(2)8-6(3)7/h1,5-6H,2-3H3. The molecule has 0 heterocycles. The normalized spacial score (nSPS) is 16.8. The molecule has 0 aromatic heterocycles. The maximum Gasteiger partial charge on any atom is 0.130 e. The van der Waals surface area contributed by atoms with Crippen molar-refractivity contribution in [1.82, 2.24) is 0 Å². The maximum absolute atomic E-state index is 5.43.